The molecule has 1 amide bonds. The number of carbonyl (C=O) groups is 1. The number of carbonyl (C=O) groups excluding carboxylic acids is 1. The molecule has 0 saturated carbocycles. The highest BCUT2D eigenvalue weighted by atomic mass is 16.2. The zero-order chi connectivity index (χ0) is 16.9. The molecule has 0 radical (unpaired) electrons. The summed E-state index contributed by atoms with van der Waals surface area (Å²) in [5.41, 5.74) is 2.51. The lowest BCUT2D eigenvalue weighted by molar-refractivity contribution is -0.130. The van der Waals surface area contributed by atoms with Crippen molar-refractivity contribution in [1.82, 2.24) is 15.5 Å². The topological polar surface area (TPSA) is 56.7 Å². The summed E-state index contributed by atoms with van der Waals surface area (Å²) in [5, 5.41) is 6.48. The van der Waals surface area contributed by atoms with E-state index in [0.717, 1.165) is 19.5 Å². The molecule has 0 fully saturated rings. The van der Waals surface area contributed by atoms with Crippen LogP contribution < -0.4 is 10.6 Å². The molecule has 126 valence electrons. The van der Waals surface area contributed by atoms with Crippen molar-refractivity contribution < 1.29 is 4.79 Å². The maximum atomic E-state index is 12.4. The lowest BCUT2D eigenvalue weighted by atomic mass is 10.00. The van der Waals surface area contributed by atoms with Gasteiger partial charge in [0.05, 0.1) is 0 Å². The third-order valence-electron chi connectivity index (χ3n) is 3.69. The summed E-state index contributed by atoms with van der Waals surface area (Å²) in [6.45, 7) is 10.6. The van der Waals surface area contributed by atoms with Crippen LogP contribution in [0.4, 0.5) is 0 Å². The van der Waals surface area contributed by atoms with Gasteiger partial charge in [-0.25, -0.2) is 4.99 Å². The summed E-state index contributed by atoms with van der Waals surface area (Å²) < 4.78 is 0. The van der Waals surface area contributed by atoms with Crippen molar-refractivity contribution in [3.05, 3.63) is 35.4 Å². The normalized spacial score (nSPS) is 15.1. The molecule has 2 rings (SSSR count). The first kappa shape index (κ1) is 17.3. The lowest BCUT2D eigenvalue weighted by Crippen LogP contribution is -2.48. The zero-order valence-corrected chi connectivity index (χ0v) is 14.6. The van der Waals surface area contributed by atoms with E-state index in [1.165, 1.54) is 11.1 Å². The van der Waals surface area contributed by atoms with Crippen molar-refractivity contribution >= 4 is 11.9 Å². The molecule has 2 N–H and O–H groups in total. The third kappa shape index (κ3) is 5.27. The highest BCUT2D eigenvalue weighted by molar-refractivity contribution is 5.85. The Morgan fingerprint density at radius 1 is 1.26 bits per heavy atom. The number of nitrogens with one attached hydrogen (secondary N) is 2. The van der Waals surface area contributed by atoms with Gasteiger partial charge in [-0.3, -0.25) is 4.79 Å². The monoisotopic (exact) mass is 316 g/mol. The zero-order valence-electron chi connectivity index (χ0n) is 14.6. The van der Waals surface area contributed by atoms with Gasteiger partial charge >= 0.3 is 0 Å². The Bertz CT molecular complexity index is 575. The van der Waals surface area contributed by atoms with E-state index in [1.54, 1.807) is 0 Å². The van der Waals surface area contributed by atoms with Gasteiger partial charge in [0.1, 0.15) is 6.54 Å². The standard InChI is InChI=1S/C18H28N4O/c1-5-19-17(21-18(2,3)4)20-12-16(23)22-11-10-14-8-6-7-9-15(14)13-22/h6-9H,5,10-13H2,1-4H3,(H2,19,20,21). The molecule has 23 heavy (non-hydrogen) atoms. The molecule has 1 aliphatic heterocycles. The second-order valence-electron chi connectivity index (χ2n) is 6.90. The number of rotatable bonds is 3. The molecule has 0 aromatic heterocycles. The van der Waals surface area contributed by atoms with Crippen LogP contribution in [0.5, 0.6) is 0 Å². The minimum atomic E-state index is -0.0892. The molecule has 1 heterocycles. The molecule has 5 heteroatoms. The van der Waals surface area contributed by atoms with Crippen LogP contribution in [0.3, 0.4) is 0 Å². The SMILES string of the molecule is CCNC(=NCC(=O)N1CCc2ccccc2C1)NC(C)(C)C. The predicted molar refractivity (Wildman–Crippen MR) is 94.4 cm³/mol. The second kappa shape index (κ2) is 7.49. The van der Waals surface area contributed by atoms with Crippen LogP contribution in [0.1, 0.15) is 38.8 Å². The van der Waals surface area contributed by atoms with Gasteiger partial charge in [0.25, 0.3) is 0 Å². The maximum Gasteiger partial charge on any atom is 0.244 e. The van der Waals surface area contributed by atoms with Gasteiger partial charge in [-0.05, 0) is 45.2 Å². The Hall–Kier alpha value is -2.04. The first-order valence-corrected chi connectivity index (χ1v) is 8.30. The Morgan fingerprint density at radius 2 is 1.96 bits per heavy atom. The molecular formula is C18H28N4O. The van der Waals surface area contributed by atoms with Crippen LogP contribution in [0.25, 0.3) is 0 Å². The molecule has 0 spiro atoms. The number of hydrogen-bond donors (Lipinski definition) is 2. The highest BCUT2D eigenvalue weighted by Gasteiger charge is 2.20. The third-order valence-corrected chi connectivity index (χ3v) is 3.69. The number of amides is 1. The van der Waals surface area contributed by atoms with E-state index < -0.39 is 0 Å². The van der Waals surface area contributed by atoms with Crippen LogP contribution in [-0.2, 0) is 17.8 Å². The molecule has 0 aliphatic carbocycles. The van der Waals surface area contributed by atoms with E-state index in [4.69, 9.17) is 0 Å². The smallest absolute Gasteiger partial charge is 0.244 e. The number of guanidine groups is 1. The van der Waals surface area contributed by atoms with Crippen molar-refractivity contribution in [2.75, 3.05) is 19.6 Å². The number of fused-ring (bicyclic) bond motifs is 1. The van der Waals surface area contributed by atoms with Crippen LogP contribution in [0, 0.1) is 0 Å². The summed E-state index contributed by atoms with van der Waals surface area (Å²) in [5.74, 6) is 0.761. The summed E-state index contributed by atoms with van der Waals surface area (Å²) in [6, 6.07) is 8.33. The van der Waals surface area contributed by atoms with Crippen molar-refractivity contribution in [2.24, 2.45) is 4.99 Å². The first-order chi connectivity index (χ1) is 10.9. The van der Waals surface area contributed by atoms with E-state index in [1.807, 2.05) is 17.9 Å². The van der Waals surface area contributed by atoms with Crippen LogP contribution in [-0.4, -0.2) is 41.9 Å². The maximum absolute atomic E-state index is 12.4. The first-order valence-electron chi connectivity index (χ1n) is 8.30. The Morgan fingerprint density at radius 3 is 2.61 bits per heavy atom. The number of hydrogen-bond acceptors (Lipinski definition) is 2. The van der Waals surface area contributed by atoms with Gasteiger partial charge in [-0.15, -0.1) is 0 Å². The van der Waals surface area contributed by atoms with E-state index in [-0.39, 0.29) is 18.0 Å². The molecule has 1 aromatic rings. The van der Waals surface area contributed by atoms with Gasteiger partial charge in [0.15, 0.2) is 5.96 Å². The summed E-state index contributed by atoms with van der Waals surface area (Å²) in [4.78, 5) is 18.8. The van der Waals surface area contributed by atoms with Gasteiger partial charge < -0.3 is 15.5 Å². The lowest BCUT2D eigenvalue weighted by Gasteiger charge is -2.29. The van der Waals surface area contributed by atoms with E-state index in [0.29, 0.717) is 12.5 Å². The average molecular weight is 316 g/mol. The average Bonchev–Trinajstić information content (AvgIpc) is 2.50. The van der Waals surface area contributed by atoms with E-state index in [2.05, 4.69) is 54.6 Å². The molecule has 1 aliphatic rings. The molecule has 0 unspecified atom stereocenters. The molecule has 1 aromatic carbocycles. The van der Waals surface area contributed by atoms with Crippen molar-refractivity contribution in [1.29, 1.82) is 0 Å². The molecule has 0 saturated heterocycles. The Labute approximate surface area is 139 Å². The van der Waals surface area contributed by atoms with E-state index in [9.17, 15) is 4.79 Å². The minimum Gasteiger partial charge on any atom is -0.357 e. The number of benzene rings is 1. The quantitative estimate of drug-likeness (QED) is 0.662. The van der Waals surface area contributed by atoms with Crippen molar-refractivity contribution in [3.63, 3.8) is 0 Å². The summed E-state index contributed by atoms with van der Waals surface area (Å²) >= 11 is 0. The van der Waals surface area contributed by atoms with Gasteiger partial charge in [-0.1, -0.05) is 24.3 Å². The fourth-order valence-electron chi connectivity index (χ4n) is 2.62. The van der Waals surface area contributed by atoms with Crippen LogP contribution in [0.2, 0.25) is 0 Å². The van der Waals surface area contributed by atoms with Gasteiger partial charge in [0.2, 0.25) is 5.91 Å². The van der Waals surface area contributed by atoms with Crippen LogP contribution >= 0.6 is 0 Å². The van der Waals surface area contributed by atoms with Gasteiger partial charge in [0, 0.05) is 25.2 Å². The number of nitrogens with zero attached hydrogens (tertiary/aromatic N) is 2. The van der Waals surface area contributed by atoms with Crippen molar-refractivity contribution in [3.8, 4) is 0 Å². The second-order valence-corrected chi connectivity index (χ2v) is 6.90. The summed E-state index contributed by atoms with van der Waals surface area (Å²) in [6.07, 6.45) is 0.923. The minimum absolute atomic E-state index is 0.0746. The Kier molecular flexibility index (Phi) is 5.64. The largest absolute Gasteiger partial charge is 0.357 e. The molecule has 5 nitrogen and oxygen atoms in total. The molecule has 0 bridgehead atoms. The fraction of sp³-hybridized carbons (Fsp3) is 0.556. The summed E-state index contributed by atoms with van der Waals surface area (Å²) in [7, 11) is 0. The highest BCUT2D eigenvalue weighted by Crippen LogP contribution is 2.18. The van der Waals surface area contributed by atoms with Crippen molar-refractivity contribution in [2.45, 2.75) is 46.2 Å². The van der Waals surface area contributed by atoms with Crippen LogP contribution in [0.15, 0.2) is 29.3 Å². The van der Waals surface area contributed by atoms with E-state index >= 15 is 0 Å². The fourth-order valence-corrected chi connectivity index (χ4v) is 2.62. The molecule has 0 atom stereocenters. The van der Waals surface area contributed by atoms with Gasteiger partial charge in [-0.2, -0.15) is 0 Å². The number of aliphatic imine (C=N–C) groups is 1. The Balaban J connectivity index is 1.97. The molecular weight excluding hydrogens is 288 g/mol. The predicted octanol–water partition coefficient (Wildman–Crippen LogP) is 1.92.